The van der Waals surface area contributed by atoms with E-state index < -0.39 is 42.1 Å². The molecule has 0 bridgehead atoms. The van der Waals surface area contributed by atoms with Gasteiger partial charge in [0.15, 0.2) is 12.4 Å². The summed E-state index contributed by atoms with van der Waals surface area (Å²) >= 11 is 5.93. The zero-order valence-electron chi connectivity index (χ0n) is 17.9. The molecule has 0 aliphatic carbocycles. The van der Waals surface area contributed by atoms with E-state index in [9.17, 15) is 24.5 Å². The van der Waals surface area contributed by atoms with Gasteiger partial charge in [-0.15, -0.1) is 0 Å². The van der Waals surface area contributed by atoms with E-state index in [1.54, 1.807) is 31.2 Å². The summed E-state index contributed by atoms with van der Waals surface area (Å²) in [5, 5.41) is 16.6. The van der Waals surface area contributed by atoms with Crippen LogP contribution in [0.5, 0.6) is 5.75 Å². The Balaban J connectivity index is 1.77. The van der Waals surface area contributed by atoms with Gasteiger partial charge in [0, 0.05) is 11.1 Å². The van der Waals surface area contributed by atoms with Gasteiger partial charge in [0.1, 0.15) is 6.61 Å². The van der Waals surface area contributed by atoms with Gasteiger partial charge in [0.2, 0.25) is 0 Å². The van der Waals surface area contributed by atoms with E-state index in [0.29, 0.717) is 10.6 Å². The van der Waals surface area contributed by atoms with Crippen molar-refractivity contribution in [1.82, 2.24) is 10.6 Å². The number of hydrogen-bond donors (Lipinski definition) is 2. The molecule has 3 rings (SSSR count). The Hall–Kier alpha value is -4.12. The zero-order valence-corrected chi connectivity index (χ0v) is 18.7. The fraction of sp³-hybridized carbons (Fsp3) is 0.227. The standard InChI is InChI=1S/C22H20ClN3O8/c1-2-32-21(28)19-15(24-22(29)25-20(19)13-7-9-14(23)10-8-13)11-34-18(27)12-33-17-6-4-3-5-16(17)26(30)31/h3-10,20H,2,11-12H2,1H3,(H2,24,25,29). The third kappa shape index (κ3) is 6.01. The van der Waals surface area contributed by atoms with Crippen LogP contribution in [-0.4, -0.2) is 42.7 Å². The predicted octanol–water partition coefficient (Wildman–Crippen LogP) is 3.04. The molecule has 1 unspecified atom stereocenters. The highest BCUT2D eigenvalue weighted by Crippen LogP contribution is 2.29. The van der Waals surface area contributed by atoms with Gasteiger partial charge in [0.25, 0.3) is 0 Å². The lowest BCUT2D eigenvalue weighted by Crippen LogP contribution is -2.47. The van der Waals surface area contributed by atoms with Crippen molar-refractivity contribution in [2.75, 3.05) is 19.8 Å². The molecule has 2 amide bonds. The Kier molecular flexibility index (Phi) is 8.04. The van der Waals surface area contributed by atoms with Gasteiger partial charge in [-0.2, -0.15) is 0 Å². The van der Waals surface area contributed by atoms with Crippen LogP contribution in [0.1, 0.15) is 18.5 Å². The van der Waals surface area contributed by atoms with Crippen LogP contribution < -0.4 is 15.4 Å². The molecule has 1 atom stereocenters. The summed E-state index contributed by atoms with van der Waals surface area (Å²) in [6.45, 7) is 0.620. The Morgan fingerprint density at radius 1 is 1.12 bits per heavy atom. The monoisotopic (exact) mass is 489 g/mol. The first-order valence-electron chi connectivity index (χ1n) is 10.0. The van der Waals surface area contributed by atoms with Crippen LogP contribution in [0.4, 0.5) is 10.5 Å². The molecule has 0 saturated carbocycles. The van der Waals surface area contributed by atoms with E-state index in [4.69, 9.17) is 25.8 Å². The fourth-order valence-electron chi connectivity index (χ4n) is 3.15. The molecule has 0 fully saturated rings. The van der Waals surface area contributed by atoms with Crippen LogP contribution in [0.25, 0.3) is 0 Å². The van der Waals surface area contributed by atoms with Gasteiger partial charge in [-0.3, -0.25) is 10.1 Å². The van der Waals surface area contributed by atoms with Gasteiger partial charge in [-0.05, 0) is 30.7 Å². The first-order chi connectivity index (χ1) is 16.3. The van der Waals surface area contributed by atoms with Crippen LogP contribution in [-0.2, 0) is 19.1 Å². The SMILES string of the molecule is CCOC(=O)C1=C(COC(=O)COc2ccccc2[N+](=O)[O-])NC(=O)NC1c1ccc(Cl)cc1. The third-order valence-corrected chi connectivity index (χ3v) is 4.89. The molecule has 11 nitrogen and oxygen atoms in total. The first-order valence-corrected chi connectivity index (χ1v) is 10.4. The lowest BCUT2D eigenvalue weighted by atomic mass is 9.95. The number of rotatable bonds is 9. The Morgan fingerprint density at radius 2 is 1.82 bits per heavy atom. The molecule has 1 heterocycles. The van der Waals surface area contributed by atoms with Gasteiger partial charge in [-0.1, -0.05) is 35.9 Å². The highest BCUT2D eigenvalue weighted by Gasteiger charge is 2.34. The Bertz CT molecular complexity index is 1130. The lowest BCUT2D eigenvalue weighted by molar-refractivity contribution is -0.385. The Morgan fingerprint density at radius 3 is 2.50 bits per heavy atom. The van der Waals surface area contributed by atoms with Crippen molar-refractivity contribution in [3.8, 4) is 5.75 Å². The fourth-order valence-corrected chi connectivity index (χ4v) is 3.27. The van der Waals surface area contributed by atoms with E-state index >= 15 is 0 Å². The number of para-hydroxylation sites is 2. The number of urea groups is 1. The second kappa shape index (κ2) is 11.1. The summed E-state index contributed by atoms with van der Waals surface area (Å²) in [6.07, 6.45) is 0. The molecule has 1 aliphatic heterocycles. The van der Waals surface area contributed by atoms with Gasteiger partial charge in [0.05, 0.1) is 28.8 Å². The number of halogens is 1. The smallest absolute Gasteiger partial charge is 0.344 e. The molecule has 0 saturated heterocycles. The van der Waals surface area contributed by atoms with Crippen LogP contribution >= 0.6 is 11.6 Å². The van der Waals surface area contributed by atoms with E-state index in [2.05, 4.69) is 10.6 Å². The maximum absolute atomic E-state index is 12.7. The highest BCUT2D eigenvalue weighted by molar-refractivity contribution is 6.30. The number of nitro benzene ring substituents is 1. The average molecular weight is 490 g/mol. The second-order valence-electron chi connectivity index (χ2n) is 6.87. The van der Waals surface area contributed by atoms with Gasteiger partial charge in [-0.25, -0.2) is 14.4 Å². The van der Waals surface area contributed by atoms with Gasteiger partial charge >= 0.3 is 23.7 Å². The molecule has 34 heavy (non-hydrogen) atoms. The summed E-state index contributed by atoms with van der Waals surface area (Å²) < 4.78 is 15.5. The number of benzene rings is 2. The Labute approximate surface area is 198 Å². The summed E-state index contributed by atoms with van der Waals surface area (Å²) in [6, 6.07) is 10.6. The minimum absolute atomic E-state index is 0.0289. The first kappa shape index (κ1) is 24.5. The summed E-state index contributed by atoms with van der Waals surface area (Å²) in [5.74, 6) is -1.68. The molecule has 2 N–H and O–H groups in total. The molecule has 0 aromatic heterocycles. The topological polar surface area (TPSA) is 146 Å². The zero-order chi connectivity index (χ0) is 24.7. The highest BCUT2D eigenvalue weighted by atomic mass is 35.5. The number of carbonyl (C=O) groups excluding carboxylic acids is 3. The molecule has 2 aromatic carbocycles. The number of hydrogen-bond acceptors (Lipinski definition) is 8. The molecule has 2 aromatic rings. The van der Waals surface area contributed by atoms with Crippen LogP contribution in [0.3, 0.4) is 0 Å². The van der Waals surface area contributed by atoms with Crippen molar-refractivity contribution in [2.45, 2.75) is 13.0 Å². The number of nitrogens with one attached hydrogen (secondary N) is 2. The number of carbonyl (C=O) groups is 3. The van der Waals surface area contributed by atoms with E-state index in [-0.39, 0.29) is 29.3 Å². The molecule has 0 radical (unpaired) electrons. The van der Waals surface area contributed by atoms with Crippen LogP contribution in [0.2, 0.25) is 5.02 Å². The van der Waals surface area contributed by atoms with Crippen molar-refractivity contribution in [3.63, 3.8) is 0 Å². The van der Waals surface area contributed by atoms with E-state index in [0.717, 1.165) is 0 Å². The number of amides is 2. The number of nitrogens with zero attached hydrogens (tertiary/aromatic N) is 1. The summed E-state index contributed by atoms with van der Waals surface area (Å²) in [5.41, 5.74) is 0.335. The van der Waals surface area contributed by atoms with Crippen molar-refractivity contribution < 1.29 is 33.5 Å². The normalized spacial score (nSPS) is 15.1. The minimum atomic E-state index is -0.873. The molecular weight excluding hydrogens is 470 g/mol. The van der Waals surface area contributed by atoms with E-state index in [1.165, 1.54) is 24.3 Å². The number of nitro groups is 1. The van der Waals surface area contributed by atoms with Crippen LogP contribution in [0, 0.1) is 10.1 Å². The molecular formula is C22H20ClN3O8. The number of esters is 2. The van der Waals surface area contributed by atoms with Crippen molar-refractivity contribution in [2.24, 2.45) is 0 Å². The van der Waals surface area contributed by atoms with E-state index in [1.807, 2.05) is 0 Å². The largest absolute Gasteiger partial charge is 0.475 e. The van der Waals surface area contributed by atoms with Crippen molar-refractivity contribution in [3.05, 3.63) is 80.5 Å². The molecule has 12 heteroatoms. The van der Waals surface area contributed by atoms with Crippen molar-refractivity contribution >= 4 is 35.3 Å². The number of ether oxygens (including phenoxy) is 3. The third-order valence-electron chi connectivity index (χ3n) is 4.64. The maximum atomic E-state index is 12.7. The van der Waals surface area contributed by atoms with Gasteiger partial charge < -0.3 is 24.8 Å². The second-order valence-corrected chi connectivity index (χ2v) is 7.31. The predicted molar refractivity (Wildman–Crippen MR) is 119 cm³/mol. The lowest BCUT2D eigenvalue weighted by Gasteiger charge is -2.29. The van der Waals surface area contributed by atoms with Crippen LogP contribution in [0.15, 0.2) is 59.8 Å². The minimum Gasteiger partial charge on any atom is -0.475 e. The average Bonchev–Trinajstić information content (AvgIpc) is 2.81. The summed E-state index contributed by atoms with van der Waals surface area (Å²) in [7, 11) is 0. The maximum Gasteiger partial charge on any atom is 0.344 e. The molecule has 0 spiro atoms. The molecule has 1 aliphatic rings. The molecule has 178 valence electrons. The quantitative estimate of drug-likeness (QED) is 0.310. The summed E-state index contributed by atoms with van der Waals surface area (Å²) in [4.78, 5) is 47.6. The van der Waals surface area contributed by atoms with Crippen molar-refractivity contribution in [1.29, 1.82) is 0 Å².